The average molecular weight is 350 g/mol. The van der Waals surface area contributed by atoms with Gasteiger partial charge in [0.2, 0.25) is 5.91 Å². The van der Waals surface area contributed by atoms with Crippen LogP contribution < -0.4 is 0 Å². The molecular formula is C18H24ClN3O2. The predicted molar refractivity (Wildman–Crippen MR) is 94.2 cm³/mol. The number of carbonyl (C=O) groups excluding carboxylic acids is 2. The number of amides is 2. The molecule has 2 fully saturated rings. The highest BCUT2D eigenvalue weighted by Gasteiger charge is 2.25. The molecule has 6 heteroatoms. The van der Waals surface area contributed by atoms with Gasteiger partial charge in [0, 0.05) is 49.9 Å². The van der Waals surface area contributed by atoms with E-state index in [1.165, 1.54) is 6.42 Å². The van der Waals surface area contributed by atoms with E-state index < -0.39 is 0 Å². The summed E-state index contributed by atoms with van der Waals surface area (Å²) in [6, 6.07) is 7.06. The van der Waals surface area contributed by atoms with Crippen LogP contribution in [0.2, 0.25) is 5.02 Å². The molecule has 2 saturated heterocycles. The molecule has 3 rings (SSSR count). The van der Waals surface area contributed by atoms with Crippen molar-refractivity contribution in [2.45, 2.75) is 19.3 Å². The number of piperazine rings is 1. The number of rotatable bonds is 3. The Kier molecular flexibility index (Phi) is 5.74. The van der Waals surface area contributed by atoms with E-state index in [4.69, 9.17) is 11.6 Å². The zero-order chi connectivity index (χ0) is 16.9. The van der Waals surface area contributed by atoms with E-state index in [1.807, 2.05) is 9.80 Å². The fourth-order valence-corrected chi connectivity index (χ4v) is 3.54. The summed E-state index contributed by atoms with van der Waals surface area (Å²) in [7, 11) is 0. The lowest BCUT2D eigenvalue weighted by Gasteiger charge is -2.36. The second kappa shape index (κ2) is 7.99. The lowest BCUT2D eigenvalue weighted by Crippen LogP contribution is -2.52. The van der Waals surface area contributed by atoms with Crippen molar-refractivity contribution in [2.75, 3.05) is 45.8 Å². The third-order valence-corrected chi connectivity index (χ3v) is 5.03. The molecular weight excluding hydrogens is 326 g/mol. The summed E-state index contributed by atoms with van der Waals surface area (Å²) in [6.45, 7) is 5.05. The van der Waals surface area contributed by atoms with E-state index in [0.717, 1.165) is 39.0 Å². The first-order valence-corrected chi connectivity index (χ1v) is 9.06. The fraction of sp³-hybridized carbons (Fsp3) is 0.556. The van der Waals surface area contributed by atoms with Gasteiger partial charge < -0.3 is 9.80 Å². The number of likely N-dealkylation sites (tertiary alicyclic amines) is 1. The Hall–Kier alpha value is -1.59. The summed E-state index contributed by atoms with van der Waals surface area (Å²) in [5, 5.41) is 0.576. The predicted octanol–water partition coefficient (Wildman–Crippen LogP) is 2.11. The third-order valence-electron chi connectivity index (χ3n) is 4.80. The monoisotopic (exact) mass is 349 g/mol. The molecule has 130 valence electrons. The van der Waals surface area contributed by atoms with Crippen molar-refractivity contribution in [3.05, 3.63) is 34.9 Å². The molecule has 2 aliphatic heterocycles. The second-order valence-electron chi connectivity index (χ2n) is 6.52. The summed E-state index contributed by atoms with van der Waals surface area (Å²) in [6.07, 6.45) is 3.47. The summed E-state index contributed by atoms with van der Waals surface area (Å²) in [5.74, 6) is 0.240. The van der Waals surface area contributed by atoms with Crippen LogP contribution in [-0.4, -0.2) is 72.3 Å². The van der Waals surface area contributed by atoms with Crippen LogP contribution in [0.3, 0.4) is 0 Å². The number of benzene rings is 1. The van der Waals surface area contributed by atoms with Crippen LogP contribution in [0.1, 0.15) is 29.6 Å². The molecule has 1 aromatic rings. The number of nitrogens with zero attached hydrogens (tertiary/aromatic N) is 3. The molecule has 0 aromatic heterocycles. The Bertz CT molecular complexity index is 594. The maximum absolute atomic E-state index is 12.5. The molecule has 24 heavy (non-hydrogen) atoms. The molecule has 0 radical (unpaired) electrons. The lowest BCUT2D eigenvalue weighted by molar-refractivity contribution is -0.133. The van der Waals surface area contributed by atoms with Gasteiger partial charge in [-0.2, -0.15) is 0 Å². The summed E-state index contributed by atoms with van der Waals surface area (Å²) >= 11 is 5.96. The molecule has 0 unspecified atom stereocenters. The summed E-state index contributed by atoms with van der Waals surface area (Å²) in [5.41, 5.74) is 0.625. The second-order valence-corrected chi connectivity index (χ2v) is 6.96. The van der Waals surface area contributed by atoms with Crippen LogP contribution >= 0.6 is 11.6 Å². The van der Waals surface area contributed by atoms with E-state index in [9.17, 15) is 9.59 Å². The molecule has 0 bridgehead atoms. The third kappa shape index (κ3) is 4.28. The first kappa shape index (κ1) is 17.2. The van der Waals surface area contributed by atoms with Crippen LogP contribution in [0.15, 0.2) is 24.3 Å². The largest absolute Gasteiger partial charge is 0.342 e. The molecule has 1 aromatic carbocycles. The summed E-state index contributed by atoms with van der Waals surface area (Å²) < 4.78 is 0. The van der Waals surface area contributed by atoms with Crippen LogP contribution in [0.5, 0.6) is 0 Å². The van der Waals surface area contributed by atoms with Crippen molar-refractivity contribution in [1.29, 1.82) is 0 Å². The maximum Gasteiger partial charge on any atom is 0.253 e. The van der Waals surface area contributed by atoms with E-state index in [-0.39, 0.29) is 11.8 Å². The molecule has 0 atom stereocenters. The Balaban J connectivity index is 1.48. The molecule has 2 amide bonds. The molecule has 0 aliphatic carbocycles. The van der Waals surface area contributed by atoms with Gasteiger partial charge >= 0.3 is 0 Å². The normalized spacial score (nSPS) is 19.4. The molecule has 2 heterocycles. The Morgan fingerprint density at radius 2 is 1.62 bits per heavy atom. The van der Waals surface area contributed by atoms with Crippen molar-refractivity contribution in [3.63, 3.8) is 0 Å². The van der Waals surface area contributed by atoms with Crippen LogP contribution in [0.4, 0.5) is 0 Å². The Morgan fingerprint density at radius 1 is 0.917 bits per heavy atom. The van der Waals surface area contributed by atoms with Gasteiger partial charge in [0.1, 0.15) is 0 Å². The van der Waals surface area contributed by atoms with Gasteiger partial charge in [-0.15, -0.1) is 0 Å². The van der Waals surface area contributed by atoms with Gasteiger partial charge in [0.05, 0.1) is 6.54 Å². The fourth-order valence-electron chi connectivity index (χ4n) is 3.35. The van der Waals surface area contributed by atoms with Crippen molar-refractivity contribution in [3.8, 4) is 0 Å². The first-order valence-electron chi connectivity index (χ1n) is 8.68. The number of carbonyl (C=O) groups is 2. The minimum atomic E-state index is 0.0134. The van der Waals surface area contributed by atoms with Crippen LogP contribution in [-0.2, 0) is 4.79 Å². The molecule has 2 aliphatic rings. The van der Waals surface area contributed by atoms with Crippen molar-refractivity contribution in [1.82, 2.24) is 14.7 Å². The zero-order valence-electron chi connectivity index (χ0n) is 13.9. The zero-order valence-corrected chi connectivity index (χ0v) is 14.7. The molecule has 5 nitrogen and oxygen atoms in total. The number of hydrogen-bond acceptors (Lipinski definition) is 3. The highest BCUT2D eigenvalue weighted by atomic mass is 35.5. The minimum absolute atomic E-state index is 0.0134. The van der Waals surface area contributed by atoms with Gasteiger partial charge in [0.25, 0.3) is 5.91 Å². The van der Waals surface area contributed by atoms with Crippen LogP contribution in [0.25, 0.3) is 0 Å². The molecule has 0 spiro atoms. The van der Waals surface area contributed by atoms with Crippen molar-refractivity contribution < 1.29 is 9.59 Å². The van der Waals surface area contributed by atoms with E-state index >= 15 is 0 Å². The van der Waals surface area contributed by atoms with Crippen LogP contribution in [0, 0.1) is 0 Å². The SMILES string of the molecule is O=C(CN1CCN(C(=O)c2cccc(Cl)c2)CC1)N1CCCCC1. The topological polar surface area (TPSA) is 43.9 Å². The number of hydrogen-bond donors (Lipinski definition) is 0. The lowest BCUT2D eigenvalue weighted by atomic mass is 10.1. The quantitative estimate of drug-likeness (QED) is 0.839. The van der Waals surface area contributed by atoms with E-state index in [2.05, 4.69) is 4.90 Å². The van der Waals surface area contributed by atoms with Gasteiger partial charge in [-0.3, -0.25) is 14.5 Å². The number of piperidine rings is 1. The average Bonchev–Trinajstić information content (AvgIpc) is 2.62. The van der Waals surface area contributed by atoms with E-state index in [0.29, 0.717) is 30.2 Å². The van der Waals surface area contributed by atoms with Gasteiger partial charge in [-0.25, -0.2) is 0 Å². The van der Waals surface area contributed by atoms with Gasteiger partial charge in [-0.1, -0.05) is 17.7 Å². The van der Waals surface area contributed by atoms with Gasteiger partial charge in [-0.05, 0) is 37.5 Å². The van der Waals surface area contributed by atoms with E-state index in [1.54, 1.807) is 24.3 Å². The van der Waals surface area contributed by atoms with Gasteiger partial charge in [0.15, 0.2) is 0 Å². The number of halogens is 1. The van der Waals surface area contributed by atoms with Crippen molar-refractivity contribution in [2.24, 2.45) is 0 Å². The standard InChI is InChI=1S/C18H24ClN3O2/c19-16-6-4-5-15(13-16)18(24)22-11-9-20(10-12-22)14-17(23)21-7-2-1-3-8-21/h4-6,13H,1-3,7-12,14H2. The maximum atomic E-state index is 12.5. The minimum Gasteiger partial charge on any atom is -0.342 e. The van der Waals surface area contributed by atoms with Crippen molar-refractivity contribution >= 4 is 23.4 Å². The smallest absolute Gasteiger partial charge is 0.253 e. The Labute approximate surface area is 148 Å². The molecule has 0 saturated carbocycles. The summed E-state index contributed by atoms with van der Waals surface area (Å²) in [4.78, 5) is 30.8. The Morgan fingerprint density at radius 3 is 2.29 bits per heavy atom. The first-order chi connectivity index (χ1) is 11.6. The highest BCUT2D eigenvalue weighted by molar-refractivity contribution is 6.30. The highest BCUT2D eigenvalue weighted by Crippen LogP contribution is 2.15. The molecule has 0 N–H and O–H groups in total.